The molecule has 2 heterocycles. The van der Waals surface area contributed by atoms with E-state index in [2.05, 4.69) is 10.00 Å². The lowest BCUT2D eigenvalue weighted by Crippen LogP contribution is -2.38. The van der Waals surface area contributed by atoms with E-state index in [1.54, 1.807) is 6.20 Å². The molecule has 0 saturated carbocycles. The molecule has 5 nitrogen and oxygen atoms in total. The summed E-state index contributed by atoms with van der Waals surface area (Å²) in [4.78, 5) is 2.39. The third-order valence-corrected chi connectivity index (χ3v) is 2.87. The van der Waals surface area contributed by atoms with E-state index in [4.69, 9.17) is 10.5 Å². The predicted molar refractivity (Wildman–Crippen MR) is 58.6 cm³/mol. The number of nitrogen functional groups attached to an aromatic ring is 1. The predicted octanol–water partition coefficient (Wildman–Crippen LogP) is 0.106. The standard InChI is InChI=1S/C10H18N4O/c1-9-10(11)8-12-14(9)3-2-13-4-6-15-7-5-13/h8H,2-7,11H2,1H3. The molecule has 0 bridgehead atoms. The van der Waals surface area contributed by atoms with Gasteiger partial charge in [0.2, 0.25) is 0 Å². The summed E-state index contributed by atoms with van der Waals surface area (Å²) >= 11 is 0. The molecule has 0 radical (unpaired) electrons. The third-order valence-electron chi connectivity index (χ3n) is 2.87. The molecule has 15 heavy (non-hydrogen) atoms. The first-order chi connectivity index (χ1) is 7.27. The Labute approximate surface area is 89.8 Å². The van der Waals surface area contributed by atoms with E-state index in [0.29, 0.717) is 0 Å². The van der Waals surface area contributed by atoms with E-state index in [1.165, 1.54) is 0 Å². The average Bonchev–Trinajstić information content (AvgIpc) is 2.59. The van der Waals surface area contributed by atoms with E-state index < -0.39 is 0 Å². The van der Waals surface area contributed by atoms with E-state index in [0.717, 1.165) is 50.8 Å². The number of hydrogen-bond acceptors (Lipinski definition) is 4. The van der Waals surface area contributed by atoms with Crippen LogP contribution in [0, 0.1) is 6.92 Å². The number of anilines is 1. The zero-order chi connectivity index (χ0) is 10.7. The van der Waals surface area contributed by atoms with Gasteiger partial charge in [0.15, 0.2) is 0 Å². The fourth-order valence-electron chi connectivity index (χ4n) is 1.75. The number of nitrogens with two attached hydrogens (primary N) is 1. The molecule has 0 amide bonds. The lowest BCUT2D eigenvalue weighted by atomic mass is 10.4. The van der Waals surface area contributed by atoms with Gasteiger partial charge in [-0.2, -0.15) is 5.10 Å². The van der Waals surface area contributed by atoms with Crippen LogP contribution in [0.4, 0.5) is 5.69 Å². The summed E-state index contributed by atoms with van der Waals surface area (Å²) in [5.74, 6) is 0. The molecule has 1 aliphatic heterocycles. The molecule has 2 rings (SSSR count). The number of nitrogens with zero attached hydrogens (tertiary/aromatic N) is 3. The van der Waals surface area contributed by atoms with Gasteiger partial charge in [0, 0.05) is 19.6 Å². The van der Waals surface area contributed by atoms with Gasteiger partial charge >= 0.3 is 0 Å². The summed E-state index contributed by atoms with van der Waals surface area (Å²) in [5.41, 5.74) is 7.57. The van der Waals surface area contributed by atoms with Gasteiger partial charge in [-0.3, -0.25) is 9.58 Å². The highest BCUT2D eigenvalue weighted by molar-refractivity contribution is 5.39. The van der Waals surface area contributed by atoms with Crippen LogP contribution in [-0.4, -0.2) is 47.5 Å². The van der Waals surface area contributed by atoms with Crippen molar-refractivity contribution in [2.75, 3.05) is 38.6 Å². The van der Waals surface area contributed by atoms with E-state index in [-0.39, 0.29) is 0 Å². The smallest absolute Gasteiger partial charge is 0.0730 e. The summed E-state index contributed by atoms with van der Waals surface area (Å²) in [7, 11) is 0. The second-order valence-electron chi connectivity index (χ2n) is 3.86. The maximum absolute atomic E-state index is 5.73. The molecule has 1 saturated heterocycles. The minimum absolute atomic E-state index is 0.775. The molecule has 0 unspecified atom stereocenters. The zero-order valence-electron chi connectivity index (χ0n) is 9.15. The van der Waals surface area contributed by atoms with Gasteiger partial charge in [0.05, 0.1) is 37.3 Å². The van der Waals surface area contributed by atoms with Gasteiger partial charge in [-0.25, -0.2) is 0 Å². The summed E-state index contributed by atoms with van der Waals surface area (Å²) in [6, 6.07) is 0. The monoisotopic (exact) mass is 210 g/mol. The summed E-state index contributed by atoms with van der Waals surface area (Å²) < 4.78 is 7.26. The molecule has 84 valence electrons. The number of morpholine rings is 1. The van der Waals surface area contributed by atoms with Crippen LogP contribution in [0.1, 0.15) is 5.69 Å². The van der Waals surface area contributed by atoms with Crippen LogP contribution in [0.2, 0.25) is 0 Å². The molecule has 1 aromatic rings. The first-order valence-electron chi connectivity index (χ1n) is 5.35. The van der Waals surface area contributed by atoms with E-state index in [9.17, 15) is 0 Å². The van der Waals surface area contributed by atoms with Crippen molar-refractivity contribution in [3.05, 3.63) is 11.9 Å². The molecule has 0 atom stereocenters. The van der Waals surface area contributed by atoms with Crippen molar-refractivity contribution in [2.24, 2.45) is 0 Å². The minimum atomic E-state index is 0.775. The SMILES string of the molecule is Cc1c(N)cnn1CCN1CCOCC1. The largest absolute Gasteiger partial charge is 0.396 e. The second-order valence-corrected chi connectivity index (χ2v) is 3.86. The summed E-state index contributed by atoms with van der Waals surface area (Å²) in [6.07, 6.45) is 1.72. The van der Waals surface area contributed by atoms with Crippen molar-refractivity contribution in [1.29, 1.82) is 0 Å². The van der Waals surface area contributed by atoms with Crippen LogP contribution in [-0.2, 0) is 11.3 Å². The molecule has 1 aliphatic rings. The van der Waals surface area contributed by atoms with Gasteiger partial charge in [-0.15, -0.1) is 0 Å². The van der Waals surface area contributed by atoms with Crippen LogP contribution in [0.5, 0.6) is 0 Å². The molecule has 0 spiro atoms. The van der Waals surface area contributed by atoms with Gasteiger partial charge in [0.25, 0.3) is 0 Å². The van der Waals surface area contributed by atoms with Gasteiger partial charge in [-0.1, -0.05) is 0 Å². The summed E-state index contributed by atoms with van der Waals surface area (Å²) in [5, 5.41) is 4.23. The van der Waals surface area contributed by atoms with Gasteiger partial charge in [0.1, 0.15) is 0 Å². The quantitative estimate of drug-likeness (QED) is 0.769. The van der Waals surface area contributed by atoms with Gasteiger partial charge < -0.3 is 10.5 Å². The third kappa shape index (κ3) is 2.49. The highest BCUT2D eigenvalue weighted by atomic mass is 16.5. The van der Waals surface area contributed by atoms with E-state index in [1.807, 2.05) is 11.6 Å². The van der Waals surface area contributed by atoms with Crippen molar-refractivity contribution < 1.29 is 4.74 Å². The maximum atomic E-state index is 5.73. The lowest BCUT2D eigenvalue weighted by Gasteiger charge is -2.26. The molecular weight excluding hydrogens is 192 g/mol. The first kappa shape index (κ1) is 10.4. The second kappa shape index (κ2) is 4.63. The fraction of sp³-hybridized carbons (Fsp3) is 0.700. The Morgan fingerprint density at radius 2 is 2.13 bits per heavy atom. The molecule has 1 aromatic heterocycles. The zero-order valence-corrected chi connectivity index (χ0v) is 9.15. The Morgan fingerprint density at radius 3 is 2.73 bits per heavy atom. The normalized spacial score (nSPS) is 18.2. The van der Waals surface area contributed by atoms with Crippen molar-refractivity contribution in [1.82, 2.24) is 14.7 Å². The van der Waals surface area contributed by atoms with Crippen LogP contribution in [0.25, 0.3) is 0 Å². The van der Waals surface area contributed by atoms with Crippen LogP contribution < -0.4 is 5.73 Å². The highest BCUT2D eigenvalue weighted by Crippen LogP contribution is 2.08. The van der Waals surface area contributed by atoms with Gasteiger partial charge in [-0.05, 0) is 6.92 Å². The van der Waals surface area contributed by atoms with Crippen molar-refractivity contribution in [3.63, 3.8) is 0 Å². The van der Waals surface area contributed by atoms with Crippen molar-refractivity contribution in [2.45, 2.75) is 13.5 Å². The Balaban J connectivity index is 1.84. The van der Waals surface area contributed by atoms with Crippen LogP contribution in [0.3, 0.4) is 0 Å². The topological polar surface area (TPSA) is 56.3 Å². The minimum Gasteiger partial charge on any atom is -0.396 e. The number of aromatic nitrogens is 2. The number of ether oxygens (including phenoxy) is 1. The molecular formula is C10H18N4O. The number of rotatable bonds is 3. The lowest BCUT2D eigenvalue weighted by molar-refractivity contribution is 0.0359. The molecule has 0 aromatic carbocycles. The molecule has 1 fully saturated rings. The maximum Gasteiger partial charge on any atom is 0.0730 e. The summed E-state index contributed by atoms with van der Waals surface area (Å²) in [6.45, 7) is 7.67. The Hall–Kier alpha value is -1.07. The molecule has 0 aliphatic carbocycles. The van der Waals surface area contributed by atoms with Crippen LogP contribution in [0.15, 0.2) is 6.20 Å². The molecule has 2 N–H and O–H groups in total. The van der Waals surface area contributed by atoms with Crippen molar-refractivity contribution >= 4 is 5.69 Å². The highest BCUT2D eigenvalue weighted by Gasteiger charge is 2.10. The van der Waals surface area contributed by atoms with Crippen LogP contribution >= 0.6 is 0 Å². The Bertz CT molecular complexity index is 317. The first-order valence-corrected chi connectivity index (χ1v) is 5.35. The molecule has 5 heteroatoms. The van der Waals surface area contributed by atoms with Crippen molar-refractivity contribution in [3.8, 4) is 0 Å². The fourth-order valence-corrected chi connectivity index (χ4v) is 1.75. The number of hydrogen-bond donors (Lipinski definition) is 1. The Kier molecular flexibility index (Phi) is 3.23. The average molecular weight is 210 g/mol. The van der Waals surface area contributed by atoms with E-state index >= 15 is 0 Å². The Morgan fingerprint density at radius 1 is 1.40 bits per heavy atom.